The summed E-state index contributed by atoms with van der Waals surface area (Å²) in [6.07, 6.45) is 9.94. The molecule has 3 heteroatoms. The molecule has 0 aliphatic heterocycles. The van der Waals surface area contributed by atoms with Crippen molar-refractivity contribution in [2.45, 2.75) is 25.9 Å². The minimum absolute atomic E-state index is 0.572. The van der Waals surface area contributed by atoms with Crippen LogP contribution in [0.3, 0.4) is 0 Å². The first-order chi connectivity index (χ1) is 9.38. The number of methoxy groups -OCH3 is 1. The van der Waals surface area contributed by atoms with Crippen molar-refractivity contribution < 1.29 is 9.57 Å². The highest BCUT2D eigenvalue weighted by Gasteiger charge is 1.99. The average Bonchev–Trinajstić information content (AvgIpc) is 2.49. The third kappa shape index (κ3) is 4.89. The van der Waals surface area contributed by atoms with Crippen LogP contribution in [0.4, 0.5) is 0 Å². The maximum Gasteiger partial charge on any atom is 0.118 e. The molecule has 1 N–H and O–H groups in total. The van der Waals surface area contributed by atoms with Gasteiger partial charge in [-0.1, -0.05) is 35.9 Å². The fourth-order valence-corrected chi connectivity index (χ4v) is 2.00. The van der Waals surface area contributed by atoms with Crippen molar-refractivity contribution in [3.63, 3.8) is 0 Å². The van der Waals surface area contributed by atoms with Crippen molar-refractivity contribution in [2.75, 3.05) is 13.7 Å². The summed E-state index contributed by atoms with van der Waals surface area (Å²) in [7, 11) is 1.67. The summed E-state index contributed by atoms with van der Waals surface area (Å²) in [5, 5.41) is 0. The van der Waals surface area contributed by atoms with Gasteiger partial charge >= 0.3 is 0 Å². The van der Waals surface area contributed by atoms with E-state index in [0.29, 0.717) is 6.61 Å². The van der Waals surface area contributed by atoms with Gasteiger partial charge in [-0.3, -0.25) is 4.84 Å². The molecular weight excluding hydrogens is 238 g/mol. The fraction of sp³-hybridized carbons (Fsp3) is 0.375. The molecule has 1 aliphatic carbocycles. The number of nitrogens with one attached hydrogen (secondary N) is 1. The van der Waals surface area contributed by atoms with Gasteiger partial charge in [0.1, 0.15) is 5.75 Å². The van der Waals surface area contributed by atoms with E-state index in [1.54, 1.807) is 7.11 Å². The summed E-state index contributed by atoms with van der Waals surface area (Å²) in [4.78, 5) is 5.45. The number of allylic oxidation sites excluding steroid dienone is 3. The molecule has 0 unspecified atom stereocenters. The Hall–Kier alpha value is -1.58. The first-order valence-electron chi connectivity index (χ1n) is 6.70. The lowest BCUT2D eigenvalue weighted by atomic mass is 10.0. The Balaban J connectivity index is 1.60. The molecule has 1 aliphatic rings. The van der Waals surface area contributed by atoms with Crippen molar-refractivity contribution in [1.29, 1.82) is 0 Å². The van der Waals surface area contributed by atoms with E-state index in [0.717, 1.165) is 24.3 Å². The van der Waals surface area contributed by atoms with E-state index in [1.807, 2.05) is 24.3 Å². The number of rotatable bonds is 7. The zero-order chi connectivity index (χ0) is 13.3. The van der Waals surface area contributed by atoms with Crippen molar-refractivity contribution in [3.05, 3.63) is 53.6 Å². The van der Waals surface area contributed by atoms with Crippen molar-refractivity contribution in [3.8, 4) is 5.75 Å². The molecule has 2 rings (SSSR count). The summed E-state index contributed by atoms with van der Waals surface area (Å²) < 4.78 is 5.11. The minimum Gasteiger partial charge on any atom is -0.497 e. The Morgan fingerprint density at radius 3 is 2.74 bits per heavy atom. The highest BCUT2D eigenvalue weighted by molar-refractivity contribution is 5.26. The molecule has 0 saturated carbocycles. The molecule has 0 heterocycles. The Labute approximate surface area is 114 Å². The number of hydrogen-bond acceptors (Lipinski definition) is 3. The lowest BCUT2D eigenvalue weighted by Gasteiger charge is -2.10. The van der Waals surface area contributed by atoms with Crippen LogP contribution in [0, 0.1) is 0 Å². The molecule has 102 valence electrons. The molecule has 3 nitrogen and oxygen atoms in total. The van der Waals surface area contributed by atoms with Crippen LogP contribution in [-0.2, 0) is 11.4 Å². The van der Waals surface area contributed by atoms with Gasteiger partial charge in [-0.25, -0.2) is 5.48 Å². The lowest BCUT2D eigenvalue weighted by molar-refractivity contribution is 0.0287. The molecular formula is C16H21NO2. The Bertz CT molecular complexity index is 435. The van der Waals surface area contributed by atoms with Gasteiger partial charge in [-0.15, -0.1) is 0 Å². The van der Waals surface area contributed by atoms with Gasteiger partial charge < -0.3 is 4.74 Å². The van der Waals surface area contributed by atoms with E-state index in [1.165, 1.54) is 18.4 Å². The summed E-state index contributed by atoms with van der Waals surface area (Å²) in [5.74, 6) is 0.869. The Morgan fingerprint density at radius 1 is 1.21 bits per heavy atom. The second-order valence-corrected chi connectivity index (χ2v) is 4.57. The molecule has 0 fully saturated rings. The van der Waals surface area contributed by atoms with E-state index >= 15 is 0 Å². The highest BCUT2D eigenvalue weighted by atomic mass is 16.6. The van der Waals surface area contributed by atoms with E-state index in [-0.39, 0.29) is 0 Å². The fourth-order valence-electron chi connectivity index (χ4n) is 2.00. The van der Waals surface area contributed by atoms with Crippen LogP contribution in [0.5, 0.6) is 5.75 Å². The van der Waals surface area contributed by atoms with E-state index in [9.17, 15) is 0 Å². The number of benzene rings is 1. The van der Waals surface area contributed by atoms with E-state index < -0.39 is 0 Å². The monoisotopic (exact) mass is 259 g/mol. The van der Waals surface area contributed by atoms with Crippen molar-refractivity contribution in [2.24, 2.45) is 0 Å². The van der Waals surface area contributed by atoms with Gasteiger partial charge in [-0.05, 0) is 37.0 Å². The number of hydroxylamine groups is 1. The number of hydrogen-bond donors (Lipinski definition) is 1. The van der Waals surface area contributed by atoms with E-state index in [4.69, 9.17) is 9.57 Å². The summed E-state index contributed by atoms with van der Waals surface area (Å²) in [6, 6.07) is 7.90. The molecule has 0 bridgehead atoms. The van der Waals surface area contributed by atoms with Crippen LogP contribution in [0.1, 0.15) is 24.8 Å². The third-order valence-corrected chi connectivity index (χ3v) is 3.15. The molecule has 0 amide bonds. The summed E-state index contributed by atoms with van der Waals surface area (Å²) >= 11 is 0. The van der Waals surface area contributed by atoms with Crippen LogP contribution in [0.25, 0.3) is 0 Å². The lowest BCUT2D eigenvalue weighted by Crippen LogP contribution is -2.16. The predicted molar refractivity (Wildman–Crippen MR) is 76.9 cm³/mol. The Kier molecular flexibility index (Phi) is 5.66. The van der Waals surface area contributed by atoms with Crippen LogP contribution < -0.4 is 10.2 Å². The zero-order valence-electron chi connectivity index (χ0n) is 11.4. The quantitative estimate of drug-likeness (QED) is 0.601. The first-order valence-corrected chi connectivity index (χ1v) is 6.70. The average molecular weight is 259 g/mol. The van der Waals surface area contributed by atoms with Crippen LogP contribution in [0.2, 0.25) is 0 Å². The van der Waals surface area contributed by atoms with Gasteiger partial charge in [0.2, 0.25) is 0 Å². The predicted octanol–water partition coefficient (Wildman–Crippen LogP) is 3.38. The molecule has 0 aromatic heterocycles. The SMILES string of the molecule is COc1ccc(CONCCC2=CC=CCC2)cc1. The second-order valence-electron chi connectivity index (χ2n) is 4.57. The summed E-state index contributed by atoms with van der Waals surface area (Å²) in [6.45, 7) is 1.43. The summed E-state index contributed by atoms with van der Waals surface area (Å²) in [5.41, 5.74) is 5.64. The van der Waals surface area contributed by atoms with E-state index in [2.05, 4.69) is 23.7 Å². The van der Waals surface area contributed by atoms with Crippen molar-refractivity contribution in [1.82, 2.24) is 5.48 Å². The van der Waals surface area contributed by atoms with Gasteiger partial charge in [0.05, 0.1) is 13.7 Å². The molecule has 0 spiro atoms. The first kappa shape index (κ1) is 13.8. The molecule has 0 saturated heterocycles. The normalized spacial score (nSPS) is 14.3. The highest BCUT2D eigenvalue weighted by Crippen LogP contribution is 2.14. The topological polar surface area (TPSA) is 30.5 Å². The van der Waals surface area contributed by atoms with Gasteiger partial charge in [0.25, 0.3) is 0 Å². The molecule has 1 aromatic rings. The number of ether oxygens (including phenoxy) is 1. The van der Waals surface area contributed by atoms with Gasteiger partial charge in [0.15, 0.2) is 0 Å². The van der Waals surface area contributed by atoms with Crippen LogP contribution >= 0.6 is 0 Å². The largest absolute Gasteiger partial charge is 0.497 e. The zero-order valence-corrected chi connectivity index (χ0v) is 11.4. The molecule has 0 radical (unpaired) electrons. The van der Waals surface area contributed by atoms with Crippen LogP contribution in [-0.4, -0.2) is 13.7 Å². The van der Waals surface area contributed by atoms with Crippen LogP contribution in [0.15, 0.2) is 48.1 Å². The maximum absolute atomic E-state index is 5.45. The third-order valence-electron chi connectivity index (χ3n) is 3.15. The second kappa shape index (κ2) is 7.77. The Morgan fingerprint density at radius 2 is 2.05 bits per heavy atom. The van der Waals surface area contributed by atoms with Gasteiger partial charge in [0, 0.05) is 6.54 Å². The standard InChI is InChI=1S/C16H21NO2/c1-18-16-9-7-15(8-10-16)13-19-17-12-11-14-5-3-2-4-6-14/h2-3,5,7-10,17H,4,6,11-13H2,1H3. The van der Waals surface area contributed by atoms with Gasteiger partial charge in [-0.2, -0.15) is 0 Å². The van der Waals surface area contributed by atoms with Crippen molar-refractivity contribution >= 4 is 0 Å². The smallest absolute Gasteiger partial charge is 0.118 e. The molecule has 0 atom stereocenters. The molecule has 19 heavy (non-hydrogen) atoms. The maximum atomic E-state index is 5.45. The molecule has 1 aromatic carbocycles. The minimum atomic E-state index is 0.572.